The first kappa shape index (κ1) is 15.6. The lowest BCUT2D eigenvalue weighted by Gasteiger charge is -2.30. The molecule has 0 amide bonds. The number of rotatable bonds is 4. The fraction of sp³-hybridized carbons (Fsp3) is 0.316. The van der Waals surface area contributed by atoms with Crippen molar-refractivity contribution in [2.75, 3.05) is 26.3 Å². The van der Waals surface area contributed by atoms with Gasteiger partial charge in [-0.15, -0.1) is 0 Å². The van der Waals surface area contributed by atoms with E-state index in [1.54, 1.807) is 0 Å². The van der Waals surface area contributed by atoms with Gasteiger partial charge in [-0.3, -0.25) is 0 Å². The number of hydrogen-bond donors (Lipinski definition) is 0. The van der Waals surface area contributed by atoms with Crippen LogP contribution in [0, 0.1) is 6.92 Å². The van der Waals surface area contributed by atoms with Gasteiger partial charge in [0, 0.05) is 19.3 Å². The Labute approximate surface area is 137 Å². The van der Waals surface area contributed by atoms with Crippen LogP contribution < -0.4 is 0 Å². The van der Waals surface area contributed by atoms with E-state index >= 15 is 0 Å². The Bertz CT molecular complexity index is 706. The molecule has 2 heterocycles. The van der Waals surface area contributed by atoms with Crippen LogP contribution in [0.4, 0.5) is 0 Å². The molecule has 1 aromatic carbocycles. The Morgan fingerprint density at radius 3 is 2.52 bits per heavy atom. The molecule has 3 rings (SSSR count). The molecular formula is C19H23N3O. The normalized spacial score (nSPS) is 15.7. The van der Waals surface area contributed by atoms with Gasteiger partial charge >= 0.3 is 0 Å². The number of aromatic nitrogens is 1. The van der Waals surface area contributed by atoms with E-state index in [1.165, 1.54) is 5.56 Å². The standard InChI is InChI=1S/C19H23N3O/c1-15-6-8-18(9-7-15)16(2)20-22-10-4-5-19(22)17(3)21-11-13-23-14-12-21/h4-10H,3,11-14H2,1-2H3/b20-16+. The highest BCUT2D eigenvalue weighted by Crippen LogP contribution is 2.19. The van der Waals surface area contributed by atoms with Crippen molar-refractivity contribution in [1.29, 1.82) is 0 Å². The van der Waals surface area contributed by atoms with Gasteiger partial charge in [-0.1, -0.05) is 36.4 Å². The van der Waals surface area contributed by atoms with Crippen LogP contribution in [0.2, 0.25) is 0 Å². The summed E-state index contributed by atoms with van der Waals surface area (Å²) in [7, 11) is 0. The van der Waals surface area contributed by atoms with Gasteiger partial charge in [-0.2, -0.15) is 5.10 Å². The highest BCUT2D eigenvalue weighted by atomic mass is 16.5. The van der Waals surface area contributed by atoms with E-state index in [9.17, 15) is 0 Å². The zero-order valence-corrected chi connectivity index (χ0v) is 13.8. The molecule has 4 heteroatoms. The maximum absolute atomic E-state index is 5.41. The van der Waals surface area contributed by atoms with Gasteiger partial charge in [0.05, 0.1) is 30.3 Å². The summed E-state index contributed by atoms with van der Waals surface area (Å²) in [6, 6.07) is 12.5. The summed E-state index contributed by atoms with van der Waals surface area (Å²) >= 11 is 0. The van der Waals surface area contributed by atoms with Crippen LogP contribution in [0.3, 0.4) is 0 Å². The van der Waals surface area contributed by atoms with Crippen LogP contribution in [-0.4, -0.2) is 41.6 Å². The van der Waals surface area contributed by atoms with E-state index in [1.807, 2.05) is 23.9 Å². The zero-order chi connectivity index (χ0) is 16.2. The van der Waals surface area contributed by atoms with Crippen molar-refractivity contribution in [2.45, 2.75) is 13.8 Å². The van der Waals surface area contributed by atoms with Crippen molar-refractivity contribution >= 4 is 11.4 Å². The van der Waals surface area contributed by atoms with Gasteiger partial charge < -0.3 is 9.64 Å². The lowest BCUT2D eigenvalue weighted by atomic mass is 10.1. The quantitative estimate of drug-likeness (QED) is 0.811. The number of nitrogens with zero attached hydrogens (tertiary/aromatic N) is 3. The average Bonchev–Trinajstić information content (AvgIpc) is 3.03. The first-order valence-corrected chi connectivity index (χ1v) is 7.97. The molecule has 0 N–H and O–H groups in total. The molecule has 23 heavy (non-hydrogen) atoms. The first-order valence-electron chi connectivity index (χ1n) is 7.97. The van der Waals surface area contributed by atoms with Crippen LogP contribution in [0.25, 0.3) is 5.70 Å². The third-order valence-electron chi connectivity index (χ3n) is 4.14. The van der Waals surface area contributed by atoms with Gasteiger partial charge in [0.2, 0.25) is 0 Å². The Balaban J connectivity index is 1.84. The molecule has 0 bridgehead atoms. The monoisotopic (exact) mass is 309 g/mol. The highest BCUT2D eigenvalue weighted by molar-refractivity contribution is 5.98. The topological polar surface area (TPSA) is 29.8 Å². The minimum atomic E-state index is 0.755. The minimum absolute atomic E-state index is 0.755. The van der Waals surface area contributed by atoms with Crippen LogP contribution in [0.15, 0.2) is 54.3 Å². The maximum Gasteiger partial charge on any atom is 0.0873 e. The molecule has 1 aromatic heterocycles. The molecule has 1 fully saturated rings. The van der Waals surface area contributed by atoms with Gasteiger partial charge in [-0.05, 0) is 31.5 Å². The van der Waals surface area contributed by atoms with E-state index in [4.69, 9.17) is 9.84 Å². The van der Waals surface area contributed by atoms with Gasteiger partial charge in [-0.25, -0.2) is 4.68 Å². The molecule has 120 valence electrons. The molecule has 0 spiro atoms. The third-order valence-corrected chi connectivity index (χ3v) is 4.14. The van der Waals surface area contributed by atoms with Gasteiger partial charge in [0.15, 0.2) is 0 Å². The second-order valence-electron chi connectivity index (χ2n) is 5.84. The molecule has 2 aromatic rings. The highest BCUT2D eigenvalue weighted by Gasteiger charge is 2.16. The van der Waals surface area contributed by atoms with Crippen molar-refractivity contribution in [2.24, 2.45) is 5.10 Å². The molecule has 1 saturated heterocycles. The number of aryl methyl sites for hydroxylation is 1. The average molecular weight is 309 g/mol. The summed E-state index contributed by atoms with van der Waals surface area (Å²) in [4.78, 5) is 2.26. The number of ether oxygens (including phenoxy) is 1. The number of morpholine rings is 1. The van der Waals surface area contributed by atoms with Gasteiger partial charge in [0.1, 0.15) is 0 Å². The zero-order valence-electron chi connectivity index (χ0n) is 13.8. The Kier molecular flexibility index (Phi) is 4.63. The SMILES string of the molecule is C=C(c1cccn1/N=C(\C)c1ccc(C)cc1)N1CCOCC1. The second-order valence-corrected chi connectivity index (χ2v) is 5.84. The van der Waals surface area contributed by atoms with Crippen molar-refractivity contribution in [3.05, 3.63) is 66.0 Å². The fourth-order valence-electron chi connectivity index (χ4n) is 2.70. The smallest absolute Gasteiger partial charge is 0.0873 e. The Morgan fingerprint density at radius 2 is 1.83 bits per heavy atom. The molecular weight excluding hydrogens is 286 g/mol. The minimum Gasteiger partial charge on any atom is -0.378 e. The van der Waals surface area contributed by atoms with Crippen molar-refractivity contribution in [3.8, 4) is 0 Å². The molecule has 4 nitrogen and oxygen atoms in total. The largest absolute Gasteiger partial charge is 0.378 e. The van der Waals surface area contributed by atoms with Gasteiger partial charge in [0.25, 0.3) is 0 Å². The maximum atomic E-state index is 5.41. The molecule has 1 aliphatic heterocycles. The number of benzene rings is 1. The lowest BCUT2D eigenvalue weighted by molar-refractivity contribution is 0.0638. The fourth-order valence-corrected chi connectivity index (χ4v) is 2.70. The molecule has 0 saturated carbocycles. The van der Waals surface area contributed by atoms with E-state index in [-0.39, 0.29) is 0 Å². The lowest BCUT2D eigenvalue weighted by Crippen LogP contribution is -2.35. The van der Waals surface area contributed by atoms with Crippen LogP contribution in [0.1, 0.15) is 23.7 Å². The molecule has 0 atom stereocenters. The van der Waals surface area contributed by atoms with E-state index in [2.05, 4.69) is 48.7 Å². The van der Waals surface area contributed by atoms with E-state index < -0.39 is 0 Å². The first-order chi connectivity index (χ1) is 11.1. The van der Waals surface area contributed by atoms with Crippen molar-refractivity contribution < 1.29 is 4.74 Å². The second kappa shape index (κ2) is 6.84. The van der Waals surface area contributed by atoms with E-state index in [0.717, 1.165) is 49.0 Å². The van der Waals surface area contributed by atoms with Crippen LogP contribution >= 0.6 is 0 Å². The van der Waals surface area contributed by atoms with Crippen molar-refractivity contribution in [1.82, 2.24) is 9.58 Å². The summed E-state index contributed by atoms with van der Waals surface area (Å²) < 4.78 is 7.32. The molecule has 1 aliphatic rings. The predicted molar refractivity (Wildman–Crippen MR) is 94.6 cm³/mol. The van der Waals surface area contributed by atoms with E-state index in [0.29, 0.717) is 0 Å². The number of hydrogen-bond acceptors (Lipinski definition) is 3. The summed E-state index contributed by atoms with van der Waals surface area (Å²) in [5.74, 6) is 0. The summed E-state index contributed by atoms with van der Waals surface area (Å²) in [5.41, 5.74) is 5.39. The third kappa shape index (κ3) is 3.54. The summed E-state index contributed by atoms with van der Waals surface area (Å²) in [5, 5.41) is 4.75. The van der Waals surface area contributed by atoms with Crippen LogP contribution in [0.5, 0.6) is 0 Å². The van der Waals surface area contributed by atoms with Crippen molar-refractivity contribution in [3.63, 3.8) is 0 Å². The Morgan fingerprint density at radius 1 is 1.13 bits per heavy atom. The Hall–Kier alpha value is -2.33. The summed E-state index contributed by atoms with van der Waals surface area (Å²) in [6.45, 7) is 11.6. The molecule has 0 aliphatic carbocycles. The predicted octanol–water partition coefficient (Wildman–Crippen LogP) is 3.37. The molecule has 0 unspecified atom stereocenters. The summed E-state index contributed by atoms with van der Waals surface area (Å²) in [6.07, 6.45) is 1.97. The molecule has 0 radical (unpaired) electrons. The van der Waals surface area contributed by atoms with Crippen LogP contribution in [-0.2, 0) is 4.74 Å².